The third-order valence-corrected chi connectivity index (χ3v) is 4.19. The van der Waals surface area contributed by atoms with Crippen molar-refractivity contribution in [3.8, 4) is 0 Å². The van der Waals surface area contributed by atoms with Gasteiger partial charge in [-0.1, -0.05) is 0 Å². The lowest BCUT2D eigenvalue weighted by Crippen LogP contribution is -2.57. The monoisotopic (exact) mass is 441 g/mol. The van der Waals surface area contributed by atoms with Crippen LogP contribution in [0.25, 0.3) is 0 Å². The number of aliphatic hydroxyl groups excluding tert-OH is 1. The quantitative estimate of drug-likeness (QED) is 0.149. The van der Waals surface area contributed by atoms with E-state index in [0.29, 0.717) is 5.69 Å². The minimum absolute atomic E-state index is 0.0590. The third kappa shape index (κ3) is 8.79. The van der Waals surface area contributed by atoms with Crippen LogP contribution < -0.4 is 27.4 Å². The number of hydrogen-bond donors (Lipinski definition) is 8. The molecule has 172 valence electrons. The van der Waals surface area contributed by atoms with Gasteiger partial charge >= 0.3 is 5.97 Å². The van der Waals surface area contributed by atoms with Gasteiger partial charge in [-0.05, 0) is 13.3 Å². The minimum atomic E-state index is -1.40. The molecule has 1 rings (SSSR count). The number of nitrogens with zero attached hydrogens (tertiary/aromatic N) is 1. The molecule has 0 bridgehead atoms. The van der Waals surface area contributed by atoms with Gasteiger partial charge in [0.05, 0.1) is 12.9 Å². The van der Waals surface area contributed by atoms with Gasteiger partial charge < -0.3 is 42.6 Å². The largest absolute Gasteiger partial charge is 0.480 e. The number of carbonyl (C=O) groups excluding carboxylic acids is 4. The van der Waals surface area contributed by atoms with Gasteiger partial charge in [0.1, 0.15) is 24.2 Å². The van der Waals surface area contributed by atoms with Gasteiger partial charge in [0.15, 0.2) is 0 Å². The number of primary amides is 1. The summed E-state index contributed by atoms with van der Waals surface area (Å²) < 4.78 is 0. The first-order chi connectivity index (χ1) is 14.5. The molecule has 10 N–H and O–H groups in total. The average molecular weight is 441 g/mol. The maximum Gasteiger partial charge on any atom is 0.326 e. The number of carboxylic acids is 1. The summed E-state index contributed by atoms with van der Waals surface area (Å²) in [6.45, 7) is 0.725. The molecule has 4 amide bonds. The summed E-state index contributed by atoms with van der Waals surface area (Å²) >= 11 is 0. The molecule has 0 aromatic carbocycles. The normalized spacial score (nSPS) is 14.5. The topological polar surface area (TPSA) is 243 Å². The second-order valence-corrected chi connectivity index (χ2v) is 6.77. The maximum atomic E-state index is 12.7. The van der Waals surface area contributed by atoms with Gasteiger partial charge in [-0.2, -0.15) is 0 Å². The molecule has 4 atom stereocenters. The van der Waals surface area contributed by atoms with Crippen molar-refractivity contribution in [1.29, 1.82) is 0 Å². The number of nitrogens with two attached hydrogens (primary N) is 2. The second kappa shape index (κ2) is 12.2. The van der Waals surface area contributed by atoms with Crippen LogP contribution in [0, 0.1) is 0 Å². The lowest BCUT2D eigenvalue weighted by atomic mass is 10.1. The van der Waals surface area contributed by atoms with Crippen LogP contribution in [-0.2, 0) is 30.4 Å². The van der Waals surface area contributed by atoms with Crippen LogP contribution in [0.4, 0.5) is 0 Å². The van der Waals surface area contributed by atoms with Crippen molar-refractivity contribution >= 4 is 29.6 Å². The van der Waals surface area contributed by atoms with Crippen molar-refractivity contribution in [3.63, 3.8) is 0 Å². The fraction of sp³-hybridized carbons (Fsp3) is 0.529. The Labute approximate surface area is 177 Å². The summed E-state index contributed by atoms with van der Waals surface area (Å²) in [5.74, 6) is -4.45. The van der Waals surface area contributed by atoms with Gasteiger partial charge in [0, 0.05) is 24.7 Å². The number of rotatable bonds is 13. The number of aliphatic hydroxyl groups is 1. The van der Waals surface area contributed by atoms with Gasteiger partial charge in [-0.3, -0.25) is 19.2 Å². The number of aliphatic carboxylic acids is 1. The number of aromatic nitrogens is 2. The van der Waals surface area contributed by atoms with Crippen LogP contribution >= 0.6 is 0 Å². The van der Waals surface area contributed by atoms with Gasteiger partial charge in [-0.15, -0.1) is 0 Å². The summed E-state index contributed by atoms with van der Waals surface area (Å²) in [7, 11) is 0. The maximum absolute atomic E-state index is 12.7. The zero-order chi connectivity index (χ0) is 23.6. The predicted molar refractivity (Wildman–Crippen MR) is 105 cm³/mol. The van der Waals surface area contributed by atoms with Crippen molar-refractivity contribution in [1.82, 2.24) is 25.9 Å². The number of H-pyrrole nitrogens is 1. The molecule has 0 radical (unpaired) electrons. The van der Waals surface area contributed by atoms with Gasteiger partial charge in [0.25, 0.3) is 0 Å². The molecule has 0 fully saturated rings. The van der Waals surface area contributed by atoms with E-state index >= 15 is 0 Å². The van der Waals surface area contributed by atoms with E-state index < -0.39 is 60.4 Å². The second-order valence-electron chi connectivity index (χ2n) is 6.77. The molecule has 14 heteroatoms. The molecule has 0 aliphatic carbocycles. The smallest absolute Gasteiger partial charge is 0.326 e. The summed E-state index contributed by atoms with van der Waals surface area (Å²) in [6, 6.07) is -4.96. The Bertz CT molecular complexity index is 784. The fourth-order valence-corrected chi connectivity index (χ4v) is 2.41. The van der Waals surface area contributed by atoms with Crippen molar-refractivity contribution < 1.29 is 34.2 Å². The first-order valence-electron chi connectivity index (χ1n) is 9.31. The molecule has 0 saturated carbocycles. The standard InChI is InChI=1S/C17H27N7O7/c1-8(22-15(28)10(18)6-25)14(27)24-12(4-9-5-20-7-21-9)16(29)23-11(17(30)31)2-3-13(19)26/h5,7-8,10-12,25H,2-4,6,18H2,1H3,(H2,19,26)(H,20,21)(H,22,28)(H,23,29)(H,24,27)(H,30,31). The Kier molecular flexibility index (Phi) is 10.1. The molecule has 1 heterocycles. The molecule has 14 nitrogen and oxygen atoms in total. The molecular weight excluding hydrogens is 414 g/mol. The molecular formula is C17H27N7O7. The van der Waals surface area contributed by atoms with Crippen molar-refractivity contribution in [3.05, 3.63) is 18.2 Å². The molecule has 31 heavy (non-hydrogen) atoms. The van der Waals surface area contributed by atoms with Crippen LogP contribution in [0.2, 0.25) is 0 Å². The van der Waals surface area contributed by atoms with Crippen molar-refractivity contribution in [2.24, 2.45) is 11.5 Å². The van der Waals surface area contributed by atoms with E-state index in [0.717, 1.165) is 0 Å². The Hall–Kier alpha value is -3.52. The lowest BCUT2D eigenvalue weighted by Gasteiger charge is -2.23. The van der Waals surface area contributed by atoms with Gasteiger partial charge in [-0.25, -0.2) is 9.78 Å². The molecule has 4 unspecified atom stereocenters. The van der Waals surface area contributed by atoms with Crippen LogP contribution in [-0.4, -0.2) is 80.6 Å². The van der Waals surface area contributed by atoms with E-state index in [-0.39, 0.29) is 19.3 Å². The predicted octanol–water partition coefficient (Wildman–Crippen LogP) is -3.90. The van der Waals surface area contributed by atoms with E-state index in [4.69, 9.17) is 16.6 Å². The minimum Gasteiger partial charge on any atom is -0.480 e. The molecule has 1 aromatic heterocycles. The van der Waals surface area contributed by atoms with E-state index in [1.54, 1.807) is 0 Å². The third-order valence-electron chi connectivity index (χ3n) is 4.19. The zero-order valence-corrected chi connectivity index (χ0v) is 16.8. The Morgan fingerprint density at radius 3 is 2.26 bits per heavy atom. The average Bonchev–Trinajstić information content (AvgIpc) is 3.22. The highest BCUT2D eigenvalue weighted by Crippen LogP contribution is 2.03. The number of hydrogen-bond acceptors (Lipinski definition) is 8. The molecule has 0 aliphatic heterocycles. The highest BCUT2D eigenvalue weighted by Gasteiger charge is 2.29. The number of aromatic amines is 1. The van der Waals surface area contributed by atoms with Crippen molar-refractivity contribution in [2.45, 2.75) is 50.4 Å². The summed E-state index contributed by atoms with van der Waals surface area (Å²) in [6.07, 6.45) is 2.23. The van der Waals surface area contributed by atoms with Crippen molar-refractivity contribution in [2.75, 3.05) is 6.61 Å². The van der Waals surface area contributed by atoms with E-state index in [9.17, 15) is 29.1 Å². The Morgan fingerprint density at radius 1 is 1.10 bits per heavy atom. The van der Waals surface area contributed by atoms with Crippen LogP contribution in [0.15, 0.2) is 12.5 Å². The first-order valence-corrected chi connectivity index (χ1v) is 9.31. The SMILES string of the molecule is CC(NC(=O)C(N)CO)C(=O)NC(Cc1cnc[nH]1)C(=O)NC(CCC(N)=O)C(=O)O. The number of carbonyl (C=O) groups is 5. The summed E-state index contributed by atoms with van der Waals surface area (Å²) in [5, 5.41) is 25.1. The van der Waals surface area contributed by atoms with E-state index in [1.807, 2.05) is 0 Å². The zero-order valence-electron chi connectivity index (χ0n) is 16.8. The summed E-state index contributed by atoms with van der Waals surface area (Å²) in [4.78, 5) is 65.8. The van der Waals surface area contributed by atoms with Crippen LogP contribution in [0.3, 0.4) is 0 Å². The lowest BCUT2D eigenvalue weighted by molar-refractivity contribution is -0.142. The highest BCUT2D eigenvalue weighted by atomic mass is 16.4. The van der Waals surface area contributed by atoms with E-state index in [1.165, 1.54) is 19.4 Å². The highest BCUT2D eigenvalue weighted by molar-refractivity contribution is 5.94. The van der Waals surface area contributed by atoms with Crippen LogP contribution in [0.5, 0.6) is 0 Å². The number of imidazole rings is 1. The van der Waals surface area contributed by atoms with Gasteiger partial charge in [0.2, 0.25) is 23.6 Å². The number of nitrogens with one attached hydrogen (secondary N) is 4. The molecule has 0 spiro atoms. The molecule has 0 saturated heterocycles. The number of carboxylic acid groups (broad SMARTS) is 1. The molecule has 1 aromatic rings. The fourth-order valence-electron chi connectivity index (χ4n) is 2.41. The first kappa shape index (κ1) is 25.5. The Morgan fingerprint density at radius 2 is 1.74 bits per heavy atom. The summed E-state index contributed by atoms with van der Waals surface area (Å²) in [5.41, 5.74) is 10.9. The Balaban J connectivity index is 2.89. The molecule has 0 aliphatic rings. The van der Waals surface area contributed by atoms with Crippen LogP contribution in [0.1, 0.15) is 25.5 Å². The van der Waals surface area contributed by atoms with E-state index in [2.05, 4.69) is 25.9 Å². The number of amides is 4.